The van der Waals surface area contributed by atoms with Crippen molar-refractivity contribution in [2.24, 2.45) is 0 Å². The van der Waals surface area contributed by atoms with E-state index in [2.05, 4.69) is 27.4 Å². The largest absolute Gasteiger partial charge is 0.234 e. The molecule has 6 heteroatoms. The van der Waals surface area contributed by atoms with Gasteiger partial charge >= 0.3 is 0 Å². The summed E-state index contributed by atoms with van der Waals surface area (Å²) < 4.78 is 15.5. The number of benzene rings is 2. The number of hydrogen-bond acceptors (Lipinski definition) is 4. The minimum absolute atomic E-state index is 0.232. The van der Waals surface area contributed by atoms with Gasteiger partial charge in [-0.1, -0.05) is 59.9 Å². The molecule has 0 bridgehead atoms. The van der Waals surface area contributed by atoms with Gasteiger partial charge in [-0.2, -0.15) is 9.61 Å². The van der Waals surface area contributed by atoms with E-state index in [4.69, 9.17) is 0 Å². The number of nitrogens with zero attached hydrogens (tertiary/aromatic N) is 4. The Morgan fingerprint density at radius 2 is 1.70 bits per heavy atom. The molecular weight excluding hydrogens is 311 g/mol. The van der Waals surface area contributed by atoms with E-state index >= 15 is 0 Å². The lowest BCUT2D eigenvalue weighted by Gasteiger charge is -2.00. The molecule has 0 aliphatic rings. The molecule has 0 aliphatic carbocycles. The van der Waals surface area contributed by atoms with Gasteiger partial charge < -0.3 is 0 Å². The van der Waals surface area contributed by atoms with Gasteiger partial charge in [0.2, 0.25) is 4.96 Å². The summed E-state index contributed by atoms with van der Waals surface area (Å²) in [7, 11) is 0. The summed E-state index contributed by atoms with van der Waals surface area (Å²) in [5, 5.41) is 13.8. The Hall–Kier alpha value is -2.60. The molecule has 0 spiro atoms. The monoisotopic (exact) mass is 324 g/mol. The molecule has 4 rings (SSSR count). The molecule has 2 aromatic carbocycles. The maximum atomic E-state index is 13.8. The Morgan fingerprint density at radius 1 is 0.913 bits per heavy atom. The fourth-order valence-electron chi connectivity index (χ4n) is 2.46. The summed E-state index contributed by atoms with van der Waals surface area (Å²) in [5.41, 5.74) is 1.80. The minimum Gasteiger partial charge on any atom is -0.207 e. The van der Waals surface area contributed by atoms with Gasteiger partial charge in [-0.25, -0.2) is 4.39 Å². The van der Waals surface area contributed by atoms with Gasteiger partial charge in [0.15, 0.2) is 5.82 Å². The normalized spacial score (nSPS) is 11.2. The van der Waals surface area contributed by atoms with Gasteiger partial charge in [-0.15, -0.1) is 10.2 Å². The van der Waals surface area contributed by atoms with Crippen molar-refractivity contribution in [1.82, 2.24) is 19.8 Å². The predicted molar refractivity (Wildman–Crippen MR) is 87.1 cm³/mol. The van der Waals surface area contributed by atoms with Gasteiger partial charge in [0.1, 0.15) is 10.8 Å². The molecule has 0 unspecified atom stereocenters. The molecule has 114 valence electrons. The molecule has 0 N–H and O–H groups in total. The lowest BCUT2D eigenvalue weighted by atomic mass is 10.1. The van der Waals surface area contributed by atoms with E-state index in [0.717, 1.165) is 16.4 Å². The van der Waals surface area contributed by atoms with Crippen molar-refractivity contribution < 1.29 is 4.39 Å². The average Bonchev–Trinajstić information content (AvgIpc) is 3.12. The number of fused-ring (bicyclic) bond motifs is 1. The van der Waals surface area contributed by atoms with E-state index in [1.807, 2.05) is 24.3 Å². The molecule has 2 heterocycles. The molecule has 4 aromatic rings. The third kappa shape index (κ3) is 2.85. The average molecular weight is 324 g/mol. The minimum atomic E-state index is -0.232. The van der Waals surface area contributed by atoms with Crippen LogP contribution >= 0.6 is 11.3 Å². The molecule has 0 aliphatic heterocycles. The van der Waals surface area contributed by atoms with Crippen LogP contribution in [0.1, 0.15) is 22.0 Å². The Balaban J connectivity index is 1.63. The second-order valence-electron chi connectivity index (χ2n) is 5.24. The first-order valence-corrected chi connectivity index (χ1v) is 8.08. The van der Waals surface area contributed by atoms with E-state index in [9.17, 15) is 4.39 Å². The zero-order valence-electron chi connectivity index (χ0n) is 12.2. The van der Waals surface area contributed by atoms with Crippen LogP contribution in [-0.4, -0.2) is 19.8 Å². The van der Waals surface area contributed by atoms with Crippen LogP contribution < -0.4 is 0 Å². The van der Waals surface area contributed by atoms with Gasteiger partial charge in [0.25, 0.3) is 0 Å². The number of halogens is 1. The lowest BCUT2D eigenvalue weighted by Crippen LogP contribution is -2.00. The van der Waals surface area contributed by atoms with Crippen LogP contribution in [0.4, 0.5) is 4.39 Å². The zero-order valence-corrected chi connectivity index (χ0v) is 13.0. The maximum Gasteiger partial charge on any atom is 0.234 e. The van der Waals surface area contributed by atoms with E-state index in [-0.39, 0.29) is 5.82 Å². The fourth-order valence-corrected chi connectivity index (χ4v) is 3.35. The predicted octanol–water partition coefficient (Wildman–Crippen LogP) is 3.51. The molecule has 23 heavy (non-hydrogen) atoms. The van der Waals surface area contributed by atoms with Crippen LogP contribution in [0.15, 0.2) is 54.6 Å². The maximum absolute atomic E-state index is 13.8. The molecule has 2 aromatic heterocycles. The van der Waals surface area contributed by atoms with Crippen molar-refractivity contribution >= 4 is 16.3 Å². The Bertz CT molecular complexity index is 946. The highest BCUT2D eigenvalue weighted by Gasteiger charge is 2.13. The number of aromatic nitrogens is 4. The Morgan fingerprint density at radius 3 is 2.52 bits per heavy atom. The molecular formula is C17H13FN4S. The standard InChI is InChI=1S/C17H13FN4S/c18-14-9-5-4-8-13(14)11-15-19-20-17-22(15)21-16(23-17)10-12-6-2-1-3-7-12/h1-9H,10-11H2. The van der Waals surface area contributed by atoms with Gasteiger partial charge in [-0.05, 0) is 17.2 Å². The van der Waals surface area contributed by atoms with Gasteiger partial charge in [-0.3, -0.25) is 0 Å². The van der Waals surface area contributed by atoms with Crippen LogP contribution in [0.2, 0.25) is 0 Å². The van der Waals surface area contributed by atoms with E-state index in [1.54, 1.807) is 16.6 Å². The second-order valence-corrected chi connectivity index (χ2v) is 6.28. The van der Waals surface area contributed by atoms with Crippen molar-refractivity contribution in [3.8, 4) is 0 Å². The third-order valence-electron chi connectivity index (χ3n) is 3.60. The van der Waals surface area contributed by atoms with Crippen LogP contribution in [0.5, 0.6) is 0 Å². The third-order valence-corrected chi connectivity index (χ3v) is 4.50. The van der Waals surface area contributed by atoms with Crippen molar-refractivity contribution in [2.45, 2.75) is 12.8 Å². The Kier molecular flexibility index (Phi) is 3.59. The first-order valence-electron chi connectivity index (χ1n) is 7.27. The summed E-state index contributed by atoms with van der Waals surface area (Å²) in [5.74, 6) is 0.421. The molecule has 0 atom stereocenters. The van der Waals surface area contributed by atoms with Crippen molar-refractivity contribution in [3.63, 3.8) is 0 Å². The summed E-state index contributed by atoms with van der Waals surface area (Å²) in [6, 6.07) is 16.9. The van der Waals surface area contributed by atoms with Crippen LogP contribution in [-0.2, 0) is 12.8 Å². The second kappa shape index (κ2) is 5.89. The first kappa shape index (κ1) is 14.0. The molecule has 0 amide bonds. The van der Waals surface area contributed by atoms with Crippen molar-refractivity contribution in [1.29, 1.82) is 0 Å². The quantitative estimate of drug-likeness (QED) is 0.577. The smallest absolute Gasteiger partial charge is 0.207 e. The topological polar surface area (TPSA) is 43.1 Å². The Labute approximate surface area is 136 Å². The van der Waals surface area contributed by atoms with Gasteiger partial charge in [0.05, 0.1) is 0 Å². The lowest BCUT2D eigenvalue weighted by molar-refractivity contribution is 0.611. The molecule has 0 saturated carbocycles. The molecule has 0 saturated heterocycles. The van der Waals surface area contributed by atoms with E-state index in [0.29, 0.717) is 17.8 Å². The van der Waals surface area contributed by atoms with Crippen molar-refractivity contribution in [3.05, 3.63) is 82.4 Å². The SMILES string of the molecule is Fc1ccccc1Cc1nnc2sc(Cc3ccccc3)nn12. The number of hydrogen-bond donors (Lipinski definition) is 0. The summed E-state index contributed by atoms with van der Waals surface area (Å²) in [6.07, 6.45) is 1.14. The van der Waals surface area contributed by atoms with E-state index < -0.39 is 0 Å². The highest BCUT2D eigenvalue weighted by Crippen LogP contribution is 2.19. The highest BCUT2D eigenvalue weighted by atomic mass is 32.1. The highest BCUT2D eigenvalue weighted by molar-refractivity contribution is 7.16. The van der Waals surface area contributed by atoms with Crippen LogP contribution in [0.25, 0.3) is 4.96 Å². The van der Waals surface area contributed by atoms with Crippen LogP contribution in [0.3, 0.4) is 0 Å². The molecule has 0 fully saturated rings. The number of rotatable bonds is 4. The zero-order chi connectivity index (χ0) is 15.6. The fraction of sp³-hybridized carbons (Fsp3) is 0.118. The summed E-state index contributed by atoms with van der Waals surface area (Å²) in [6.45, 7) is 0. The molecule has 4 nitrogen and oxygen atoms in total. The first-order chi connectivity index (χ1) is 11.3. The summed E-state index contributed by atoms with van der Waals surface area (Å²) in [4.78, 5) is 0.738. The van der Waals surface area contributed by atoms with Crippen LogP contribution in [0, 0.1) is 5.82 Å². The van der Waals surface area contributed by atoms with E-state index in [1.165, 1.54) is 23.0 Å². The van der Waals surface area contributed by atoms with Gasteiger partial charge in [0, 0.05) is 12.8 Å². The van der Waals surface area contributed by atoms with Crippen molar-refractivity contribution in [2.75, 3.05) is 0 Å². The molecule has 0 radical (unpaired) electrons. The summed E-state index contributed by atoms with van der Waals surface area (Å²) >= 11 is 1.51.